The Labute approximate surface area is 111 Å². The van der Waals surface area contributed by atoms with Gasteiger partial charge in [-0.2, -0.15) is 21.6 Å². The molecule has 2 unspecified atom stereocenters. The molecule has 5 N–H and O–H groups in total. The molecule has 115 valence electrons. The molecule has 0 saturated heterocycles. The first-order chi connectivity index (χ1) is 8.44. The van der Waals surface area contributed by atoms with Crippen molar-refractivity contribution in [1.29, 1.82) is 0 Å². The third-order valence-electron chi connectivity index (χ3n) is 1.96. The van der Waals surface area contributed by atoms with Gasteiger partial charge in [0.15, 0.2) is 0 Å². The summed E-state index contributed by atoms with van der Waals surface area (Å²) >= 11 is 0. The van der Waals surface area contributed by atoms with Gasteiger partial charge in [-0.15, -0.1) is 0 Å². The van der Waals surface area contributed by atoms with Gasteiger partial charge in [-0.1, -0.05) is 6.92 Å². The van der Waals surface area contributed by atoms with Crippen LogP contribution in [0, 0.1) is 6.42 Å². The maximum Gasteiger partial charge on any atom is 0.397 e. The van der Waals surface area contributed by atoms with Gasteiger partial charge in [-0.05, 0) is 6.42 Å². The number of hydrogen-bond acceptors (Lipinski definition) is 7. The quantitative estimate of drug-likeness (QED) is 0.298. The van der Waals surface area contributed by atoms with Crippen LogP contribution >= 0.6 is 0 Å². The minimum atomic E-state index is -4.72. The fourth-order valence-corrected chi connectivity index (χ4v) is 2.16. The molecule has 10 nitrogen and oxygen atoms in total. The molecule has 0 aliphatic heterocycles. The summed E-state index contributed by atoms with van der Waals surface area (Å²) in [5.41, 5.74) is 0. The van der Waals surface area contributed by atoms with Crippen LogP contribution in [0.1, 0.15) is 13.3 Å². The molecule has 0 aromatic heterocycles. The molecule has 0 spiro atoms. The van der Waals surface area contributed by atoms with Crippen LogP contribution in [0.4, 0.5) is 0 Å². The van der Waals surface area contributed by atoms with Crippen molar-refractivity contribution in [2.75, 3.05) is 6.61 Å². The number of rotatable bonds is 9. The highest BCUT2D eigenvalue weighted by atomic mass is 32.3. The van der Waals surface area contributed by atoms with Crippen molar-refractivity contribution >= 4 is 20.7 Å². The topological polar surface area (TPSA) is 170 Å². The molecular weight excluding hydrogens is 306 g/mol. The molecule has 0 aliphatic carbocycles. The van der Waals surface area contributed by atoms with Gasteiger partial charge in [0.05, 0.1) is 18.8 Å². The van der Waals surface area contributed by atoms with Gasteiger partial charge >= 0.3 is 20.7 Å². The lowest BCUT2D eigenvalue weighted by molar-refractivity contribution is 0.0815. The minimum Gasteiger partial charge on any atom is -0.391 e. The predicted molar refractivity (Wildman–Crippen MR) is 62.6 cm³/mol. The summed E-state index contributed by atoms with van der Waals surface area (Å²) in [7, 11) is -9.25. The van der Waals surface area contributed by atoms with E-state index in [-0.39, 0.29) is 6.42 Å². The molecule has 3 atom stereocenters. The molecular formula is C7H16NO9S2. The van der Waals surface area contributed by atoms with Crippen LogP contribution in [0.15, 0.2) is 0 Å². The van der Waals surface area contributed by atoms with Crippen molar-refractivity contribution in [1.82, 2.24) is 4.72 Å². The van der Waals surface area contributed by atoms with Gasteiger partial charge in [0.1, 0.15) is 0 Å². The molecule has 0 amide bonds. The van der Waals surface area contributed by atoms with E-state index in [0.717, 1.165) is 6.42 Å². The van der Waals surface area contributed by atoms with E-state index in [2.05, 4.69) is 4.18 Å². The largest absolute Gasteiger partial charge is 0.397 e. The molecule has 0 heterocycles. The monoisotopic (exact) mass is 322 g/mol. The summed E-state index contributed by atoms with van der Waals surface area (Å²) in [6, 6.07) is -1.12. The molecule has 19 heavy (non-hydrogen) atoms. The third-order valence-corrected chi connectivity index (χ3v) is 2.99. The second kappa shape index (κ2) is 7.44. The van der Waals surface area contributed by atoms with Gasteiger partial charge in [-0.25, -0.2) is 4.18 Å². The van der Waals surface area contributed by atoms with Crippen LogP contribution < -0.4 is 4.72 Å². The van der Waals surface area contributed by atoms with E-state index in [4.69, 9.17) is 9.11 Å². The van der Waals surface area contributed by atoms with Gasteiger partial charge < -0.3 is 10.2 Å². The molecule has 0 saturated carbocycles. The van der Waals surface area contributed by atoms with Crippen molar-refractivity contribution in [3.8, 4) is 0 Å². The zero-order chi connectivity index (χ0) is 15.3. The van der Waals surface area contributed by atoms with E-state index in [0.29, 0.717) is 0 Å². The van der Waals surface area contributed by atoms with E-state index in [1.165, 1.54) is 6.92 Å². The summed E-state index contributed by atoms with van der Waals surface area (Å²) < 4.78 is 63.9. The summed E-state index contributed by atoms with van der Waals surface area (Å²) in [5, 5.41) is 18.8. The maximum atomic E-state index is 10.6. The molecule has 0 aliphatic rings. The predicted octanol–water partition coefficient (Wildman–Crippen LogP) is -2.10. The van der Waals surface area contributed by atoms with Crippen molar-refractivity contribution in [3.05, 3.63) is 6.42 Å². The number of aliphatic hydroxyl groups is 2. The maximum absolute atomic E-state index is 10.6. The van der Waals surface area contributed by atoms with E-state index < -0.39 is 45.6 Å². The SMILES string of the molecule is CC[C@@H](NS(=O)(=O)O)C(O)[CH]C(O)COS(=O)(=O)O. The average molecular weight is 322 g/mol. The molecule has 1 radical (unpaired) electrons. The Morgan fingerprint density at radius 1 is 1.21 bits per heavy atom. The van der Waals surface area contributed by atoms with E-state index in [1.807, 2.05) is 0 Å². The van der Waals surface area contributed by atoms with Gasteiger partial charge in [-0.3, -0.25) is 9.11 Å². The van der Waals surface area contributed by atoms with Crippen LogP contribution in [-0.2, 0) is 24.9 Å². The van der Waals surface area contributed by atoms with E-state index in [1.54, 1.807) is 4.72 Å². The van der Waals surface area contributed by atoms with Crippen molar-refractivity contribution < 1.29 is 40.3 Å². The smallest absolute Gasteiger partial charge is 0.391 e. The minimum absolute atomic E-state index is 0.0866. The van der Waals surface area contributed by atoms with E-state index in [9.17, 15) is 27.0 Å². The Bertz CT molecular complexity index is 459. The highest BCUT2D eigenvalue weighted by Crippen LogP contribution is 2.07. The van der Waals surface area contributed by atoms with E-state index >= 15 is 0 Å². The molecule has 0 aromatic carbocycles. The lowest BCUT2D eigenvalue weighted by Gasteiger charge is -2.22. The normalized spacial score (nSPS) is 17.9. The zero-order valence-corrected chi connectivity index (χ0v) is 11.5. The molecule has 0 rings (SSSR count). The first kappa shape index (κ1) is 18.7. The van der Waals surface area contributed by atoms with Crippen LogP contribution in [0.2, 0.25) is 0 Å². The second-order valence-corrected chi connectivity index (χ2v) is 5.85. The van der Waals surface area contributed by atoms with Gasteiger partial charge in [0, 0.05) is 12.5 Å². The lowest BCUT2D eigenvalue weighted by Crippen LogP contribution is -2.44. The van der Waals surface area contributed by atoms with Crippen molar-refractivity contribution in [3.63, 3.8) is 0 Å². The summed E-state index contributed by atoms with van der Waals surface area (Å²) in [4.78, 5) is 0. The Balaban J connectivity index is 4.36. The standard InChI is InChI=1S/C7H16NO9S2/c1-2-6(8-18(11,12)13)7(10)3-5(9)4-17-19(14,15)16/h3,5-10H,2,4H2,1H3,(H,11,12,13)(H,14,15,16)/t5?,6-,7?/m1/s1. The molecule has 0 bridgehead atoms. The Morgan fingerprint density at radius 2 is 1.74 bits per heavy atom. The number of nitrogens with one attached hydrogen (secondary N) is 1. The summed E-state index contributed by atoms with van der Waals surface area (Å²) in [6.45, 7) is 0.652. The van der Waals surface area contributed by atoms with Crippen LogP contribution in [0.5, 0.6) is 0 Å². The second-order valence-electron chi connectivity index (χ2n) is 3.57. The Morgan fingerprint density at radius 3 is 2.11 bits per heavy atom. The van der Waals surface area contributed by atoms with Crippen molar-refractivity contribution in [2.45, 2.75) is 31.6 Å². The Kier molecular flexibility index (Phi) is 7.31. The van der Waals surface area contributed by atoms with Crippen molar-refractivity contribution in [2.24, 2.45) is 0 Å². The van der Waals surface area contributed by atoms with Crippen LogP contribution in [0.3, 0.4) is 0 Å². The van der Waals surface area contributed by atoms with Gasteiger partial charge in [0.25, 0.3) is 0 Å². The summed E-state index contributed by atoms with van der Waals surface area (Å²) in [6.07, 6.45) is -2.21. The molecule has 12 heteroatoms. The molecule has 0 fully saturated rings. The lowest BCUT2D eigenvalue weighted by atomic mass is 10.0. The average Bonchev–Trinajstić information content (AvgIpc) is 2.20. The highest BCUT2D eigenvalue weighted by Gasteiger charge is 2.25. The van der Waals surface area contributed by atoms with Crippen LogP contribution in [-0.4, -0.2) is 61.0 Å². The fourth-order valence-electron chi connectivity index (χ4n) is 1.16. The zero-order valence-electron chi connectivity index (χ0n) is 9.87. The number of hydrogen-bond donors (Lipinski definition) is 5. The first-order valence-corrected chi connectivity index (χ1v) is 7.83. The third kappa shape index (κ3) is 10.1. The molecule has 0 aromatic rings. The van der Waals surface area contributed by atoms with Gasteiger partial charge in [0.2, 0.25) is 0 Å². The number of aliphatic hydroxyl groups excluding tert-OH is 2. The highest BCUT2D eigenvalue weighted by molar-refractivity contribution is 7.83. The Hall–Kier alpha value is -0.340. The summed E-state index contributed by atoms with van der Waals surface area (Å²) in [5.74, 6) is 0. The van der Waals surface area contributed by atoms with Crippen LogP contribution in [0.25, 0.3) is 0 Å². The fraction of sp³-hybridized carbons (Fsp3) is 0.857. The first-order valence-electron chi connectivity index (χ1n) is 5.02.